The zero-order valence-electron chi connectivity index (χ0n) is 22.3. The molecule has 2 aliphatic rings. The van der Waals surface area contributed by atoms with Crippen molar-refractivity contribution in [3.63, 3.8) is 0 Å². The number of aliphatic carboxylic acids is 1. The van der Waals surface area contributed by atoms with E-state index in [-0.39, 0.29) is 41.8 Å². The van der Waals surface area contributed by atoms with Gasteiger partial charge in [0, 0.05) is 30.1 Å². The molecule has 0 aliphatic heterocycles. The zero-order chi connectivity index (χ0) is 29.1. The first-order chi connectivity index (χ1) is 19.5. The maximum Gasteiger partial charge on any atom is 0.416 e. The summed E-state index contributed by atoms with van der Waals surface area (Å²) in [7, 11) is 0. The van der Waals surface area contributed by atoms with Crippen LogP contribution < -0.4 is 10.6 Å². The number of nitrogens with one attached hydrogen (secondary N) is 2. The number of hydrogen-bond acceptors (Lipinski definition) is 4. The number of aryl methyl sites for hydroxylation is 2. The van der Waals surface area contributed by atoms with Gasteiger partial charge in [-0.2, -0.15) is 13.2 Å². The van der Waals surface area contributed by atoms with Crippen molar-refractivity contribution in [2.24, 2.45) is 11.8 Å². The first kappa shape index (κ1) is 28.3. The molecule has 0 bridgehead atoms. The van der Waals surface area contributed by atoms with Gasteiger partial charge in [0.15, 0.2) is 0 Å². The fraction of sp³-hybridized carbons (Fsp3) is 0.355. The minimum atomic E-state index is -4.63. The molecule has 5 rings (SSSR count). The van der Waals surface area contributed by atoms with Gasteiger partial charge in [0.2, 0.25) is 11.8 Å². The molecular weight excluding hydrogens is 535 g/mol. The largest absolute Gasteiger partial charge is 0.481 e. The monoisotopic (exact) mass is 565 g/mol. The number of aromatic nitrogens is 1. The molecule has 0 saturated heterocycles. The molecule has 0 spiro atoms. The molecule has 10 heteroatoms. The highest BCUT2D eigenvalue weighted by Gasteiger charge is 2.32. The molecule has 1 saturated carbocycles. The molecule has 2 aromatic carbocycles. The number of hydrogen-bond donors (Lipinski definition) is 3. The third-order valence-electron chi connectivity index (χ3n) is 7.52. The number of carboxylic acid groups (broad SMARTS) is 1. The van der Waals surface area contributed by atoms with E-state index in [2.05, 4.69) is 27.8 Å². The number of carbonyl (C=O) groups is 3. The van der Waals surface area contributed by atoms with E-state index in [9.17, 15) is 27.6 Å². The smallest absolute Gasteiger partial charge is 0.416 e. The standard InChI is InChI=1S/C31H30F3N3O4/c32-31(33,34)25-13-19(2-8-28(38)39)14-26(17-25)36-30(41)23-7-4-21-3-1-18(12-24(21)16-23)11-20-9-10-35-27(15-20)37-29(40)22-5-6-22/h1,3,9-10,12-15,17,22-23H,2,4-8,11,16H2,(H,36,41)(H,38,39)(H,35,37,40). The van der Waals surface area contributed by atoms with Crippen LogP contribution in [0.5, 0.6) is 0 Å². The van der Waals surface area contributed by atoms with E-state index in [0.717, 1.165) is 47.2 Å². The van der Waals surface area contributed by atoms with Crippen molar-refractivity contribution in [3.8, 4) is 0 Å². The SMILES string of the molecule is O=C(O)CCc1cc(NC(=O)C2CCc3ccc(Cc4ccnc(NC(=O)C5CC5)c4)cc3C2)cc(C(F)(F)F)c1. The Kier molecular flexibility index (Phi) is 8.10. The lowest BCUT2D eigenvalue weighted by Crippen LogP contribution is -2.28. The van der Waals surface area contributed by atoms with Gasteiger partial charge in [-0.05, 0) is 103 Å². The number of nitrogens with zero attached hydrogens (tertiary/aromatic N) is 1. The fourth-order valence-electron chi connectivity index (χ4n) is 5.17. The molecule has 7 nitrogen and oxygen atoms in total. The van der Waals surface area contributed by atoms with Crippen LogP contribution in [0.15, 0.2) is 54.7 Å². The molecule has 0 radical (unpaired) electrons. The van der Waals surface area contributed by atoms with E-state index in [0.29, 0.717) is 31.5 Å². The van der Waals surface area contributed by atoms with Crippen molar-refractivity contribution in [2.75, 3.05) is 10.6 Å². The molecule has 214 valence electrons. The van der Waals surface area contributed by atoms with Crippen LogP contribution in [0, 0.1) is 11.8 Å². The Labute approximate surface area is 235 Å². The lowest BCUT2D eigenvalue weighted by Gasteiger charge is -2.25. The predicted molar refractivity (Wildman–Crippen MR) is 146 cm³/mol. The number of carbonyl (C=O) groups excluding carboxylic acids is 2. The maximum atomic E-state index is 13.5. The molecule has 41 heavy (non-hydrogen) atoms. The lowest BCUT2D eigenvalue weighted by molar-refractivity contribution is -0.137. The Hall–Kier alpha value is -4.21. The molecule has 1 fully saturated rings. The number of amides is 2. The maximum absolute atomic E-state index is 13.5. The molecule has 3 aromatic rings. The highest BCUT2D eigenvalue weighted by molar-refractivity contribution is 5.93. The zero-order valence-corrected chi connectivity index (χ0v) is 22.3. The summed E-state index contributed by atoms with van der Waals surface area (Å²) in [6, 6.07) is 13.1. The van der Waals surface area contributed by atoms with Crippen molar-refractivity contribution >= 4 is 29.3 Å². The molecule has 1 heterocycles. The fourth-order valence-corrected chi connectivity index (χ4v) is 5.17. The summed E-state index contributed by atoms with van der Waals surface area (Å²) in [5.41, 5.74) is 3.46. The Morgan fingerprint density at radius 1 is 0.854 bits per heavy atom. The molecule has 3 N–H and O–H groups in total. The Bertz CT molecular complexity index is 1480. The van der Waals surface area contributed by atoms with Gasteiger partial charge >= 0.3 is 12.1 Å². The van der Waals surface area contributed by atoms with Crippen molar-refractivity contribution in [2.45, 2.75) is 57.5 Å². The van der Waals surface area contributed by atoms with Gasteiger partial charge in [-0.3, -0.25) is 14.4 Å². The van der Waals surface area contributed by atoms with Crippen LogP contribution in [0.1, 0.15) is 59.1 Å². The minimum Gasteiger partial charge on any atom is -0.481 e. The third-order valence-corrected chi connectivity index (χ3v) is 7.52. The van der Waals surface area contributed by atoms with Gasteiger partial charge in [-0.1, -0.05) is 18.2 Å². The summed E-state index contributed by atoms with van der Waals surface area (Å²) < 4.78 is 40.4. The molecular formula is C31H30F3N3O4. The van der Waals surface area contributed by atoms with E-state index in [1.54, 1.807) is 6.20 Å². The van der Waals surface area contributed by atoms with Crippen LogP contribution in [0.4, 0.5) is 24.7 Å². The number of carboxylic acids is 1. The van der Waals surface area contributed by atoms with Gasteiger partial charge in [-0.15, -0.1) is 0 Å². The number of alkyl halides is 3. The van der Waals surface area contributed by atoms with Crippen LogP contribution in [0.3, 0.4) is 0 Å². The molecule has 2 aliphatic carbocycles. The Morgan fingerprint density at radius 3 is 2.34 bits per heavy atom. The second-order valence-corrected chi connectivity index (χ2v) is 10.8. The lowest BCUT2D eigenvalue weighted by atomic mass is 9.82. The summed E-state index contributed by atoms with van der Waals surface area (Å²) in [4.78, 5) is 40.4. The first-order valence-electron chi connectivity index (χ1n) is 13.6. The van der Waals surface area contributed by atoms with Crippen LogP contribution in [-0.4, -0.2) is 27.9 Å². The number of anilines is 2. The molecule has 1 aromatic heterocycles. The number of benzene rings is 2. The van der Waals surface area contributed by atoms with Gasteiger partial charge in [0.1, 0.15) is 5.82 Å². The van der Waals surface area contributed by atoms with Crippen molar-refractivity contribution in [1.29, 1.82) is 0 Å². The van der Waals surface area contributed by atoms with Gasteiger partial charge in [-0.25, -0.2) is 4.98 Å². The third kappa shape index (κ3) is 7.50. The van der Waals surface area contributed by atoms with Gasteiger partial charge < -0.3 is 15.7 Å². The van der Waals surface area contributed by atoms with E-state index in [1.807, 2.05) is 18.2 Å². The summed E-state index contributed by atoms with van der Waals surface area (Å²) in [5, 5.41) is 14.4. The van der Waals surface area contributed by atoms with Crippen LogP contribution >= 0.6 is 0 Å². The second kappa shape index (κ2) is 11.7. The van der Waals surface area contributed by atoms with Crippen LogP contribution in [0.25, 0.3) is 0 Å². The first-order valence-corrected chi connectivity index (χ1v) is 13.6. The topological polar surface area (TPSA) is 108 Å². The van der Waals surface area contributed by atoms with Gasteiger partial charge in [0.25, 0.3) is 0 Å². The molecule has 1 unspecified atom stereocenters. The van der Waals surface area contributed by atoms with Crippen molar-refractivity contribution < 1.29 is 32.7 Å². The summed E-state index contributed by atoms with van der Waals surface area (Å²) in [6.45, 7) is 0. The Morgan fingerprint density at radius 2 is 1.61 bits per heavy atom. The van der Waals surface area contributed by atoms with Gasteiger partial charge in [0.05, 0.1) is 5.56 Å². The highest BCUT2D eigenvalue weighted by atomic mass is 19.4. The van der Waals surface area contributed by atoms with Crippen LogP contribution in [-0.2, 0) is 46.2 Å². The number of halogens is 3. The number of rotatable bonds is 9. The highest BCUT2D eigenvalue weighted by Crippen LogP contribution is 2.34. The minimum absolute atomic E-state index is 0.00522. The number of pyridine rings is 1. The Balaban J connectivity index is 1.26. The second-order valence-electron chi connectivity index (χ2n) is 10.8. The normalized spacial score (nSPS) is 16.5. The van der Waals surface area contributed by atoms with Crippen molar-refractivity contribution in [3.05, 3.63) is 88.1 Å². The number of fused-ring (bicyclic) bond motifs is 1. The summed E-state index contributed by atoms with van der Waals surface area (Å²) in [6.07, 6.45) is 0.779. The molecule has 2 amide bonds. The van der Waals surface area contributed by atoms with E-state index < -0.39 is 23.6 Å². The van der Waals surface area contributed by atoms with E-state index >= 15 is 0 Å². The average Bonchev–Trinajstić information content (AvgIpc) is 3.77. The summed E-state index contributed by atoms with van der Waals surface area (Å²) in [5.74, 6) is -1.30. The summed E-state index contributed by atoms with van der Waals surface area (Å²) >= 11 is 0. The van der Waals surface area contributed by atoms with E-state index in [1.165, 1.54) is 6.07 Å². The quantitative estimate of drug-likeness (QED) is 0.304. The molecule has 1 atom stereocenters. The average molecular weight is 566 g/mol. The van der Waals surface area contributed by atoms with Crippen molar-refractivity contribution in [1.82, 2.24) is 4.98 Å². The predicted octanol–water partition coefficient (Wildman–Crippen LogP) is 5.80. The van der Waals surface area contributed by atoms with E-state index in [4.69, 9.17) is 5.11 Å². The van der Waals surface area contributed by atoms with Crippen LogP contribution in [0.2, 0.25) is 0 Å².